The van der Waals surface area contributed by atoms with Crippen LogP contribution in [-0.4, -0.2) is 107 Å². The Bertz CT molecular complexity index is 959. The number of nitrogens with two attached hydrogens (primary N) is 1. The number of hydrogen-bond acceptors (Lipinski definition) is 12. The topological polar surface area (TPSA) is 112 Å². The Morgan fingerprint density at radius 2 is 1.79 bits per heavy atom. The summed E-state index contributed by atoms with van der Waals surface area (Å²) in [6.45, 7) is 15.8. The van der Waals surface area contributed by atoms with Crippen LogP contribution in [0.3, 0.4) is 0 Å². The van der Waals surface area contributed by atoms with E-state index < -0.39 is 0 Å². The molecule has 2 aromatic rings. The summed E-state index contributed by atoms with van der Waals surface area (Å²) < 4.78 is 7.97. The third-order valence-electron chi connectivity index (χ3n) is 6.08. The van der Waals surface area contributed by atoms with Gasteiger partial charge in [-0.2, -0.15) is 0 Å². The van der Waals surface area contributed by atoms with Crippen LogP contribution in [0.2, 0.25) is 0 Å². The van der Waals surface area contributed by atoms with Gasteiger partial charge >= 0.3 is 0 Å². The van der Waals surface area contributed by atoms with Crippen molar-refractivity contribution in [2.45, 2.75) is 19.9 Å². The molecule has 2 aliphatic heterocycles. The van der Waals surface area contributed by atoms with Crippen LogP contribution in [0.4, 0.5) is 23.3 Å². The number of hydrogen-bond donors (Lipinski definition) is 1. The van der Waals surface area contributed by atoms with Crippen LogP contribution in [0.1, 0.15) is 13.8 Å². The number of morpholine rings is 1. The molecule has 2 fully saturated rings. The van der Waals surface area contributed by atoms with Gasteiger partial charge in [-0.3, -0.25) is 9.89 Å². The summed E-state index contributed by atoms with van der Waals surface area (Å²) in [5, 5.41) is 0. The summed E-state index contributed by atoms with van der Waals surface area (Å²) in [4.78, 5) is 29.5. The first-order valence-corrected chi connectivity index (χ1v) is 12.8. The van der Waals surface area contributed by atoms with Gasteiger partial charge in [-0.25, -0.2) is 24.2 Å². The molecule has 2 aliphatic rings. The van der Waals surface area contributed by atoms with Crippen LogP contribution in [0.5, 0.6) is 0 Å². The first-order valence-electron chi connectivity index (χ1n) is 11.6. The maximum Gasteiger partial charge on any atom is 0.219 e. The van der Waals surface area contributed by atoms with Gasteiger partial charge in [0.1, 0.15) is 5.69 Å². The molecule has 4 rings (SSSR count). The second-order valence-corrected chi connectivity index (χ2v) is 9.45. The molecule has 12 heteroatoms. The van der Waals surface area contributed by atoms with E-state index >= 15 is 0 Å². The Kier molecular flexibility index (Phi) is 8.14. The van der Waals surface area contributed by atoms with Crippen LogP contribution in [0.25, 0.3) is 11.4 Å². The van der Waals surface area contributed by atoms with Crippen LogP contribution in [0.15, 0.2) is 17.4 Å². The Balaban J connectivity index is 1.75. The third kappa shape index (κ3) is 5.57. The predicted molar refractivity (Wildman–Crippen MR) is 139 cm³/mol. The van der Waals surface area contributed by atoms with Gasteiger partial charge in [0, 0.05) is 57.7 Å². The zero-order valence-corrected chi connectivity index (χ0v) is 21.0. The molecule has 2 saturated heterocycles. The van der Waals surface area contributed by atoms with Crippen molar-refractivity contribution < 1.29 is 4.74 Å². The second-order valence-electron chi connectivity index (χ2n) is 8.57. The van der Waals surface area contributed by atoms with Crippen molar-refractivity contribution in [1.29, 1.82) is 0 Å². The van der Waals surface area contributed by atoms with Gasteiger partial charge < -0.3 is 20.3 Å². The molecule has 0 bridgehead atoms. The molecule has 0 saturated carbocycles. The smallest absolute Gasteiger partial charge is 0.219 e. The molecule has 0 spiro atoms. The predicted octanol–water partition coefficient (Wildman–Crippen LogP) is 1.75. The van der Waals surface area contributed by atoms with Crippen molar-refractivity contribution in [1.82, 2.24) is 29.1 Å². The zero-order chi connectivity index (χ0) is 24.1. The lowest BCUT2D eigenvalue weighted by Crippen LogP contribution is -2.50. The van der Waals surface area contributed by atoms with E-state index in [1.165, 1.54) is 0 Å². The minimum Gasteiger partial charge on any atom is -0.378 e. The number of rotatable bonds is 8. The summed E-state index contributed by atoms with van der Waals surface area (Å²) in [5.41, 5.74) is 7.11. The van der Waals surface area contributed by atoms with Crippen LogP contribution in [-0.2, 0) is 4.74 Å². The van der Waals surface area contributed by atoms with Crippen molar-refractivity contribution in [3.8, 4) is 11.4 Å². The SMILES string of the molecule is C=Nc1c(N2CCOCC2)nc(-c2cnc(N)nc2)nc1N(CN1CCN(SC)CC1)C(C)C. The molecule has 2 aromatic heterocycles. The normalized spacial score (nSPS) is 17.8. The molecule has 2 N–H and O–H groups in total. The third-order valence-corrected chi connectivity index (χ3v) is 6.96. The van der Waals surface area contributed by atoms with E-state index in [4.69, 9.17) is 20.4 Å². The van der Waals surface area contributed by atoms with E-state index in [1.807, 2.05) is 0 Å². The van der Waals surface area contributed by atoms with E-state index in [0.717, 1.165) is 57.6 Å². The van der Waals surface area contributed by atoms with Gasteiger partial charge in [-0.15, -0.1) is 0 Å². The molecule has 34 heavy (non-hydrogen) atoms. The monoisotopic (exact) mass is 486 g/mol. The Hall–Kier alpha value is -2.54. The number of nitrogen functional groups attached to an aromatic ring is 1. The van der Waals surface area contributed by atoms with E-state index in [1.54, 1.807) is 24.3 Å². The van der Waals surface area contributed by atoms with Crippen molar-refractivity contribution in [3.05, 3.63) is 12.4 Å². The highest BCUT2D eigenvalue weighted by Crippen LogP contribution is 2.38. The molecule has 0 amide bonds. The number of piperazine rings is 1. The van der Waals surface area contributed by atoms with Crippen LogP contribution >= 0.6 is 11.9 Å². The fourth-order valence-corrected chi connectivity index (χ4v) is 4.62. The first kappa shape index (κ1) is 24.6. The van der Waals surface area contributed by atoms with Crippen molar-refractivity contribution in [3.63, 3.8) is 0 Å². The highest BCUT2D eigenvalue weighted by Gasteiger charge is 2.28. The van der Waals surface area contributed by atoms with Gasteiger partial charge in [0.15, 0.2) is 17.5 Å². The second kappa shape index (κ2) is 11.3. The molecule has 11 nitrogen and oxygen atoms in total. The molecule has 0 unspecified atom stereocenters. The summed E-state index contributed by atoms with van der Waals surface area (Å²) in [6.07, 6.45) is 5.45. The molecule has 0 aliphatic carbocycles. The number of anilines is 3. The van der Waals surface area contributed by atoms with Crippen LogP contribution < -0.4 is 15.5 Å². The number of aromatic nitrogens is 4. The number of ether oxygens (including phenoxy) is 1. The summed E-state index contributed by atoms with van der Waals surface area (Å²) in [6, 6.07) is 0.196. The summed E-state index contributed by atoms with van der Waals surface area (Å²) in [5.74, 6) is 2.28. The molecule has 0 atom stereocenters. The van der Waals surface area contributed by atoms with E-state index in [2.05, 4.69) is 60.8 Å². The molecular formula is C22H34N10OS. The first-order chi connectivity index (χ1) is 16.5. The van der Waals surface area contributed by atoms with Crippen molar-refractivity contribution in [2.75, 3.05) is 80.9 Å². The fourth-order valence-electron chi connectivity index (χ4n) is 4.10. The lowest BCUT2D eigenvalue weighted by molar-refractivity contribution is 0.122. The lowest BCUT2D eigenvalue weighted by atomic mass is 10.2. The van der Waals surface area contributed by atoms with Gasteiger partial charge in [-0.05, 0) is 26.8 Å². The van der Waals surface area contributed by atoms with Gasteiger partial charge in [-0.1, -0.05) is 11.9 Å². The summed E-state index contributed by atoms with van der Waals surface area (Å²) >= 11 is 1.81. The Morgan fingerprint density at radius 3 is 2.38 bits per heavy atom. The summed E-state index contributed by atoms with van der Waals surface area (Å²) in [7, 11) is 0. The highest BCUT2D eigenvalue weighted by atomic mass is 32.2. The fraction of sp³-hybridized carbons (Fsp3) is 0.591. The van der Waals surface area contributed by atoms with E-state index in [-0.39, 0.29) is 12.0 Å². The highest BCUT2D eigenvalue weighted by molar-refractivity contribution is 7.96. The zero-order valence-electron chi connectivity index (χ0n) is 20.2. The number of nitrogens with zero attached hydrogens (tertiary/aromatic N) is 9. The van der Waals surface area contributed by atoms with Crippen molar-refractivity contribution >= 4 is 41.9 Å². The van der Waals surface area contributed by atoms with Gasteiger partial charge in [0.05, 0.1) is 25.4 Å². The van der Waals surface area contributed by atoms with E-state index in [0.29, 0.717) is 30.3 Å². The minimum atomic E-state index is 0.196. The maximum absolute atomic E-state index is 5.71. The average Bonchev–Trinajstić information content (AvgIpc) is 2.87. The largest absolute Gasteiger partial charge is 0.378 e. The van der Waals surface area contributed by atoms with Gasteiger partial charge in [0.2, 0.25) is 5.95 Å². The molecular weight excluding hydrogens is 452 g/mol. The Morgan fingerprint density at radius 1 is 1.12 bits per heavy atom. The Labute approximate surface area is 205 Å². The van der Waals surface area contributed by atoms with Gasteiger partial charge in [0.25, 0.3) is 0 Å². The number of aliphatic imine (C=N–C) groups is 1. The standard InChI is InChI=1S/C22H34N10OS/c1-16(2)32(15-29-5-7-31(34-4)8-6-29)21-18(24-3)20(30-9-11-33-12-10-30)27-19(28-21)17-13-25-22(23)26-14-17/h13-14,16H,3,5-12,15H2,1-2,4H3,(H2,23,25,26). The van der Waals surface area contributed by atoms with Crippen molar-refractivity contribution in [2.24, 2.45) is 4.99 Å². The van der Waals surface area contributed by atoms with E-state index in [9.17, 15) is 0 Å². The lowest BCUT2D eigenvalue weighted by Gasteiger charge is -2.39. The minimum absolute atomic E-state index is 0.196. The molecule has 4 heterocycles. The average molecular weight is 487 g/mol. The maximum atomic E-state index is 5.71. The quantitative estimate of drug-likeness (QED) is 0.435. The molecule has 0 aromatic carbocycles. The molecule has 0 radical (unpaired) electrons. The van der Waals surface area contributed by atoms with Crippen LogP contribution in [0, 0.1) is 0 Å². The molecule has 184 valence electrons.